The fourth-order valence-electron chi connectivity index (χ4n) is 3.67. The molecule has 30 heavy (non-hydrogen) atoms. The topological polar surface area (TPSA) is 79.3 Å². The molecule has 2 aromatic rings. The van der Waals surface area contributed by atoms with E-state index in [1.807, 2.05) is 4.90 Å². The van der Waals surface area contributed by atoms with Gasteiger partial charge in [0.2, 0.25) is 11.8 Å². The Kier molecular flexibility index (Phi) is 7.57. The second-order valence-electron chi connectivity index (χ2n) is 7.78. The van der Waals surface area contributed by atoms with E-state index in [2.05, 4.69) is 22.7 Å². The largest absolute Gasteiger partial charge is 0.356 e. The summed E-state index contributed by atoms with van der Waals surface area (Å²) >= 11 is 0. The summed E-state index contributed by atoms with van der Waals surface area (Å²) in [5, 5.41) is 10.1. The number of likely N-dealkylation sites (tertiary alicyclic amines) is 1. The number of nitrogens with zero attached hydrogens (tertiary/aromatic N) is 3. The Hall–Kier alpha value is -2.74. The van der Waals surface area contributed by atoms with E-state index in [4.69, 9.17) is 0 Å². The lowest BCUT2D eigenvalue weighted by Crippen LogP contribution is -2.43. The standard InChI is InChI=1S/C22H30FN5O2/c1-3-4-11-24-22(30)17-9-12-27(13-10-17)15-21(29)25-20-14-16(2)26-28(20)19-8-6-5-7-18(19)23/h5-8,14,17H,3-4,9-13,15H2,1-2H3,(H,24,30)(H,25,29). The van der Waals surface area contributed by atoms with E-state index in [9.17, 15) is 14.0 Å². The van der Waals surface area contributed by atoms with Crippen molar-refractivity contribution in [3.05, 3.63) is 41.8 Å². The highest BCUT2D eigenvalue weighted by atomic mass is 19.1. The van der Waals surface area contributed by atoms with E-state index in [0.717, 1.165) is 32.2 Å². The summed E-state index contributed by atoms with van der Waals surface area (Å²) in [5.74, 6) is -0.00960. The maximum atomic E-state index is 14.2. The van der Waals surface area contributed by atoms with E-state index in [0.29, 0.717) is 24.6 Å². The summed E-state index contributed by atoms with van der Waals surface area (Å²) in [6, 6.07) is 8.04. The van der Waals surface area contributed by atoms with Crippen LogP contribution in [0.2, 0.25) is 0 Å². The number of hydrogen-bond acceptors (Lipinski definition) is 4. The molecule has 2 N–H and O–H groups in total. The molecule has 0 unspecified atom stereocenters. The van der Waals surface area contributed by atoms with Gasteiger partial charge < -0.3 is 10.6 Å². The number of benzene rings is 1. The highest BCUT2D eigenvalue weighted by molar-refractivity contribution is 5.91. The number of unbranched alkanes of at least 4 members (excludes halogenated alkanes) is 1. The van der Waals surface area contributed by atoms with Gasteiger partial charge in [-0.05, 0) is 51.4 Å². The fourth-order valence-corrected chi connectivity index (χ4v) is 3.67. The zero-order chi connectivity index (χ0) is 21.5. The second-order valence-corrected chi connectivity index (χ2v) is 7.78. The maximum Gasteiger partial charge on any atom is 0.239 e. The number of aryl methyl sites for hydroxylation is 1. The van der Waals surface area contributed by atoms with Crippen molar-refractivity contribution >= 4 is 17.6 Å². The summed E-state index contributed by atoms with van der Waals surface area (Å²) < 4.78 is 15.6. The van der Waals surface area contributed by atoms with Gasteiger partial charge in [-0.15, -0.1) is 0 Å². The van der Waals surface area contributed by atoms with Gasteiger partial charge in [0.05, 0.1) is 12.2 Å². The molecule has 1 aromatic heterocycles. The van der Waals surface area contributed by atoms with Crippen molar-refractivity contribution in [2.75, 3.05) is 31.5 Å². The van der Waals surface area contributed by atoms with Crippen LogP contribution in [-0.4, -0.2) is 52.7 Å². The van der Waals surface area contributed by atoms with Crippen molar-refractivity contribution in [1.29, 1.82) is 0 Å². The molecule has 0 aliphatic carbocycles. The van der Waals surface area contributed by atoms with E-state index in [1.165, 1.54) is 10.7 Å². The fraction of sp³-hybridized carbons (Fsp3) is 0.500. The number of para-hydroxylation sites is 1. The molecule has 1 aliphatic heterocycles. The molecule has 2 amide bonds. The smallest absolute Gasteiger partial charge is 0.239 e. The number of piperidine rings is 1. The summed E-state index contributed by atoms with van der Waals surface area (Å²) in [4.78, 5) is 26.8. The number of amides is 2. The molecule has 8 heteroatoms. The number of anilines is 1. The predicted molar refractivity (Wildman–Crippen MR) is 114 cm³/mol. The first-order valence-corrected chi connectivity index (χ1v) is 10.6. The molecular weight excluding hydrogens is 385 g/mol. The van der Waals surface area contributed by atoms with Crippen LogP contribution in [0.3, 0.4) is 0 Å². The first-order chi connectivity index (χ1) is 14.5. The van der Waals surface area contributed by atoms with E-state index < -0.39 is 5.82 Å². The molecule has 1 saturated heterocycles. The summed E-state index contributed by atoms with van der Waals surface area (Å²) in [7, 11) is 0. The third kappa shape index (κ3) is 5.66. The zero-order valence-corrected chi connectivity index (χ0v) is 17.7. The Morgan fingerprint density at radius 2 is 1.97 bits per heavy atom. The molecular formula is C22H30FN5O2. The van der Waals surface area contributed by atoms with Crippen LogP contribution in [0.4, 0.5) is 10.2 Å². The number of carbonyl (C=O) groups is 2. The summed E-state index contributed by atoms with van der Waals surface area (Å²) in [5.41, 5.74) is 0.972. The maximum absolute atomic E-state index is 14.2. The molecule has 1 aromatic carbocycles. The summed E-state index contributed by atoms with van der Waals surface area (Å²) in [6.45, 7) is 6.25. The number of rotatable bonds is 8. The molecule has 0 saturated carbocycles. The monoisotopic (exact) mass is 415 g/mol. The number of hydrogen-bond donors (Lipinski definition) is 2. The first-order valence-electron chi connectivity index (χ1n) is 10.6. The average Bonchev–Trinajstić information content (AvgIpc) is 3.08. The molecule has 0 radical (unpaired) electrons. The zero-order valence-electron chi connectivity index (χ0n) is 17.7. The molecule has 0 spiro atoms. The summed E-state index contributed by atoms with van der Waals surface area (Å²) in [6.07, 6.45) is 3.55. The van der Waals surface area contributed by atoms with Gasteiger partial charge in [0.1, 0.15) is 17.3 Å². The van der Waals surface area contributed by atoms with Crippen LogP contribution in [0.1, 0.15) is 38.3 Å². The third-order valence-electron chi connectivity index (χ3n) is 5.33. The average molecular weight is 416 g/mol. The molecule has 7 nitrogen and oxygen atoms in total. The minimum absolute atomic E-state index is 0.0197. The van der Waals surface area contributed by atoms with Crippen LogP contribution in [0.5, 0.6) is 0 Å². The second kappa shape index (κ2) is 10.3. The molecule has 1 fully saturated rings. The van der Waals surface area contributed by atoms with E-state index in [1.54, 1.807) is 31.2 Å². The van der Waals surface area contributed by atoms with Crippen molar-refractivity contribution in [1.82, 2.24) is 20.0 Å². The highest BCUT2D eigenvalue weighted by Crippen LogP contribution is 2.20. The lowest BCUT2D eigenvalue weighted by molar-refractivity contribution is -0.126. The Morgan fingerprint density at radius 3 is 2.67 bits per heavy atom. The Bertz CT molecular complexity index is 874. The van der Waals surface area contributed by atoms with Gasteiger partial charge in [-0.3, -0.25) is 14.5 Å². The van der Waals surface area contributed by atoms with Crippen molar-refractivity contribution < 1.29 is 14.0 Å². The number of halogens is 1. The molecule has 1 aliphatic rings. The van der Waals surface area contributed by atoms with Gasteiger partial charge in [-0.25, -0.2) is 9.07 Å². The molecule has 162 valence electrons. The van der Waals surface area contributed by atoms with Gasteiger partial charge in [0.25, 0.3) is 0 Å². The normalized spacial score (nSPS) is 15.2. The third-order valence-corrected chi connectivity index (χ3v) is 5.33. The van der Waals surface area contributed by atoms with Crippen LogP contribution in [0, 0.1) is 18.7 Å². The minimum atomic E-state index is -0.407. The molecule has 3 rings (SSSR count). The molecule has 0 bridgehead atoms. The van der Waals surface area contributed by atoms with E-state index >= 15 is 0 Å². The van der Waals surface area contributed by atoms with Crippen LogP contribution >= 0.6 is 0 Å². The molecule has 2 heterocycles. The van der Waals surface area contributed by atoms with Crippen LogP contribution in [0.25, 0.3) is 5.69 Å². The van der Waals surface area contributed by atoms with Crippen LogP contribution in [-0.2, 0) is 9.59 Å². The minimum Gasteiger partial charge on any atom is -0.356 e. The van der Waals surface area contributed by atoms with Crippen LogP contribution in [0.15, 0.2) is 30.3 Å². The van der Waals surface area contributed by atoms with Gasteiger partial charge in [0.15, 0.2) is 0 Å². The lowest BCUT2D eigenvalue weighted by atomic mass is 9.96. The van der Waals surface area contributed by atoms with Crippen molar-refractivity contribution in [2.45, 2.75) is 39.5 Å². The SMILES string of the molecule is CCCCNC(=O)C1CCN(CC(=O)Nc2cc(C)nn2-c2ccccc2F)CC1. The van der Waals surface area contributed by atoms with Gasteiger partial charge in [0, 0.05) is 18.5 Å². The number of carbonyl (C=O) groups excluding carboxylic acids is 2. The van der Waals surface area contributed by atoms with Crippen LogP contribution < -0.4 is 10.6 Å². The Balaban J connectivity index is 1.53. The van der Waals surface area contributed by atoms with E-state index in [-0.39, 0.29) is 30.0 Å². The Labute approximate surface area is 176 Å². The van der Waals surface area contributed by atoms with Gasteiger partial charge in [-0.1, -0.05) is 25.5 Å². The van der Waals surface area contributed by atoms with Gasteiger partial charge in [-0.2, -0.15) is 5.10 Å². The molecule has 0 atom stereocenters. The number of nitrogens with one attached hydrogen (secondary N) is 2. The quantitative estimate of drug-likeness (QED) is 0.650. The van der Waals surface area contributed by atoms with Crippen molar-refractivity contribution in [2.24, 2.45) is 5.92 Å². The first kappa shape index (κ1) is 22.0. The predicted octanol–water partition coefficient (Wildman–Crippen LogP) is 2.89. The van der Waals surface area contributed by atoms with Crippen molar-refractivity contribution in [3.8, 4) is 5.69 Å². The van der Waals surface area contributed by atoms with Crippen molar-refractivity contribution in [3.63, 3.8) is 0 Å². The number of aromatic nitrogens is 2. The van der Waals surface area contributed by atoms with Gasteiger partial charge >= 0.3 is 0 Å². The Morgan fingerprint density at radius 1 is 1.23 bits per heavy atom. The lowest BCUT2D eigenvalue weighted by Gasteiger charge is -2.30. The highest BCUT2D eigenvalue weighted by Gasteiger charge is 2.26.